The number of nitrogens with one attached hydrogen (secondary N) is 1. The van der Waals surface area contributed by atoms with Gasteiger partial charge in [-0.25, -0.2) is 8.42 Å². The lowest BCUT2D eigenvalue weighted by molar-refractivity contribution is -0.120. The van der Waals surface area contributed by atoms with E-state index in [1.807, 2.05) is 0 Å². The van der Waals surface area contributed by atoms with E-state index in [9.17, 15) is 13.2 Å². The predicted molar refractivity (Wildman–Crippen MR) is 78.4 cm³/mol. The van der Waals surface area contributed by atoms with Gasteiger partial charge < -0.3 is 15.8 Å². The minimum atomic E-state index is -3.75. The molecule has 0 aromatic heterocycles. The molecule has 1 saturated heterocycles. The lowest BCUT2D eigenvalue weighted by atomic mass is 10.3. The maximum atomic E-state index is 12.7. The first kappa shape index (κ1) is 15.6. The van der Waals surface area contributed by atoms with Gasteiger partial charge >= 0.3 is 0 Å². The molecule has 8 heteroatoms. The Kier molecular flexibility index (Phi) is 4.69. The standard InChI is InChI=1S/C13H19N3O4S/c1-2-20-11-4-3-10(14)9-12(11)21(18,19)16-7-5-13(17)15-6-8-16/h3-4,9H,2,5-8,14H2,1H3,(H,15,17). The largest absolute Gasteiger partial charge is 0.492 e. The Morgan fingerprint density at radius 1 is 1.38 bits per heavy atom. The van der Waals surface area contributed by atoms with Gasteiger partial charge in [-0.2, -0.15) is 4.31 Å². The molecule has 0 spiro atoms. The van der Waals surface area contributed by atoms with Gasteiger partial charge in [0.1, 0.15) is 10.6 Å². The van der Waals surface area contributed by atoms with Crippen LogP contribution in [-0.2, 0) is 14.8 Å². The van der Waals surface area contributed by atoms with Crippen molar-refractivity contribution in [2.75, 3.05) is 32.0 Å². The molecule has 0 atom stereocenters. The SMILES string of the molecule is CCOc1ccc(N)cc1S(=O)(=O)N1CCNC(=O)CC1. The first-order valence-corrected chi connectivity index (χ1v) is 8.18. The molecule has 7 nitrogen and oxygen atoms in total. The number of carbonyl (C=O) groups is 1. The van der Waals surface area contributed by atoms with Crippen molar-refractivity contribution in [1.29, 1.82) is 0 Å². The van der Waals surface area contributed by atoms with Crippen LogP contribution >= 0.6 is 0 Å². The summed E-state index contributed by atoms with van der Waals surface area (Å²) in [6, 6.07) is 4.53. The van der Waals surface area contributed by atoms with E-state index in [1.165, 1.54) is 10.4 Å². The third-order valence-corrected chi connectivity index (χ3v) is 5.08. The van der Waals surface area contributed by atoms with Crippen molar-refractivity contribution in [2.24, 2.45) is 0 Å². The van der Waals surface area contributed by atoms with Gasteiger partial charge in [0.15, 0.2) is 0 Å². The number of anilines is 1. The van der Waals surface area contributed by atoms with Crippen LogP contribution in [0.1, 0.15) is 13.3 Å². The Morgan fingerprint density at radius 2 is 2.14 bits per heavy atom. The summed E-state index contributed by atoms with van der Waals surface area (Å²) in [4.78, 5) is 11.4. The van der Waals surface area contributed by atoms with E-state index in [4.69, 9.17) is 10.5 Å². The molecule has 116 valence electrons. The number of rotatable bonds is 4. The van der Waals surface area contributed by atoms with Crippen LogP contribution in [0.25, 0.3) is 0 Å². The molecule has 1 heterocycles. The van der Waals surface area contributed by atoms with E-state index < -0.39 is 10.0 Å². The Hall–Kier alpha value is -1.80. The van der Waals surface area contributed by atoms with E-state index in [2.05, 4.69) is 5.32 Å². The van der Waals surface area contributed by atoms with Gasteiger partial charge in [0.2, 0.25) is 15.9 Å². The molecule has 1 aromatic rings. The number of hydrogen-bond donors (Lipinski definition) is 2. The number of nitrogens with two attached hydrogens (primary N) is 1. The number of hydrogen-bond acceptors (Lipinski definition) is 5. The van der Waals surface area contributed by atoms with Crippen LogP contribution < -0.4 is 15.8 Å². The van der Waals surface area contributed by atoms with Crippen LogP contribution in [0.3, 0.4) is 0 Å². The topological polar surface area (TPSA) is 102 Å². The predicted octanol–water partition coefficient (Wildman–Crippen LogP) is 0.178. The summed E-state index contributed by atoms with van der Waals surface area (Å²) in [5.74, 6) is 0.125. The first-order valence-electron chi connectivity index (χ1n) is 6.74. The second-order valence-electron chi connectivity index (χ2n) is 4.64. The van der Waals surface area contributed by atoms with Crippen molar-refractivity contribution in [3.05, 3.63) is 18.2 Å². The van der Waals surface area contributed by atoms with Crippen molar-refractivity contribution in [2.45, 2.75) is 18.2 Å². The number of nitrogens with zero attached hydrogens (tertiary/aromatic N) is 1. The van der Waals surface area contributed by atoms with Gasteiger partial charge in [-0.05, 0) is 25.1 Å². The number of sulfonamides is 1. The summed E-state index contributed by atoms with van der Waals surface area (Å²) < 4.78 is 32.1. The first-order chi connectivity index (χ1) is 9.95. The number of nitrogen functional groups attached to an aromatic ring is 1. The summed E-state index contributed by atoms with van der Waals surface area (Å²) in [6.45, 7) is 2.81. The molecule has 2 rings (SSSR count). The third kappa shape index (κ3) is 3.45. The highest BCUT2D eigenvalue weighted by molar-refractivity contribution is 7.89. The number of benzene rings is 1. The fourth-order valence-corrected chi connectivity index (χ4v) is 3.73. The molecule has 1 fully saturated rings. The zero-order valence-corrected chi connectivity index (χ0v) is 12.6. The number of carbonyl (C=O) groups excluding carboxylic acids is 1. The monoisotopic (exact) mass is 313 g/mol. The summed E-state index contributed by atoms with van der Waals surface area (Å²) in [6.07, 6.45) is 0.144. The molecule has 0 bridgehead atoms. The van der Waals surface area contributed by atoms with E-state index in [1.54, 1.807) is 19.1 Å². The average Bonchev–Trinajstić information content (AvgIpc) is 2.66. The van der Waals surface area contributed by atoms with Crippen LogP contribution in [0, 0.1) is 0 Å². The smallest absolute Gasteiger partial charge is 0.246 e. The molecule has 1 amide bonds. The van der Waals surface area contributed by atoms with Crippen molar-refractivity contribution in [3.8, 4) is 5.75 Å². The van der Waals surface area contributed by atoms with E-state index in [0.717, 1.165) is 0 Å². The van der Waals surface area contributed by atoms with Crippen molar-refractivity contribution in [1.82, 2.24) is 9.62 Å². The molecule has 0 radical (unpaired) electrons. The molecule has 3 N–H and O–H groups in total. The van der Waals surface area contributed by atoms with Gasteiger partial charge in [-0.15, -0.1) is 0 Å². The highest BCUT2D eigenvalue weighted by Crippen LogP contribution is 2.29. The van der Waals surface area contributed by atoms with E-state index >= 15 is 0 Å². The minimum absolute atomic E-state index is 0.0405. The van der Waals surface area contributed by atoms with Gasteiger partial charge in [-0.1, -0.05) is 0 Å². The van der Waals surface area contributed by atoms with Crippen LogP contribution in [0.5, 0.6) is 5.75 Å². The van der Waals surface area contributed by atoms with Gasteiger partial charge in [0.05, 0.1) is 6.61 Å². The summed E-state index contributed by atoms with van der Waals surface area (Å²) >= 11 is 0. The fraction of sp³-hybridized carbons (Fsp3) is 0.462. The molecular formula is C13H19N3O4S. The molecule has 1 aliphatic heterocycles. The third-order valence-electron chi connectivity index (χ3n) is 3.16. The maximum absolute atomic E-state index is 12.7. The van der Waals surface area contributed by atoms with Crippen LogP contribution in [0.2, 0.25) is 0 Å². The second-order valence-corrected chi connectivity index (χ2v) is 6.55. The van der Waals surface area contributed by atoms with Gasteiger partial charge in [0, 0.05) is 31.7 Å². The highest BCUT2D eigenvalue weighted by atomic mass is 32.2. The van der Waals surface area contributed by atoms with E-state index in [-0.39, 0.29) is 36.1 Å². The summed E-state index contributed by atoms with van der Waals surface area (Å²) in [5, 5.41) is 2.65. The Morgan fingerprint density at radius 3 is 2.86 bits per heavy atom. The molecule has 0 unspecified atom stereocenters. The van der Waals surface area contributed by atoms with Crippen molar-refractivity contribution < 1.29 is 17.9 Å². The Labute approximate surface area is 124 Å². The molecule has 1 aromatic carbocycles. The zero-order valence-electron chi connectivity index (χ0n) is 11.8. The van der Waals surface area contributed by atoms with Crippen LogP contribution in [0.4, 0.5) is 5.69 Å². The number of amides is 1. The quantitative estimate of drug-likeness (QED) is 0.772. The zero-order chi connectivity index (χ0) is 15.5. The Bertz CT molecular complexity index is 630. The lowest BCUT2D eigenvalue weighted by Gasteiger charge is -2.21. The normalized spacial score (nSPS) is 17.1. The Balaban J connectivity index is 2.38. The molecule has 0 saturated carbocycles. The van der Waals surface area contributed by atoms with Gasteiger partial charge in [0.25, 0.3) is 0 Å². The highest BCUT2D eigenvalue weighted by Gasteiger charge is 2.29. The fourth-order valence-electron chi connectivity index (χ4n) is 2.13. The summed E-state index contributed by atoms with van der Waals surface area (Å²) in [7, 11) is -3.75. The molecule has 21 heavy (non-hydrogen) atoms. The molecular weight excluding hydrogens is 294 g/mol. The summed E-state index contributed by atoms with van der Waals surface area (Å²) in [5.41, 5.74) is 6.05. The van der Waals surface area contributed by atoms with Crippen LogP contribution in [-0.4, -0.2) is 44.9 Å². The van der Waals surface area contributed by atoms with Crippen molar-refractivity contribution in [3.63, 3.8) is 0 Å². The van der Waals surface area contributed by atoms with Gasteiger partial charge in [-0.3, -0.25) is 4.79 Å². The average molecular weight is 313 g/mol. The lowest BCUT2D eigenvalue weighted by Crippen LogP contribution is -2.34. The molecule has 1 aliphatic rings. The number of ether oxygens (including phenoxy) is 1. The van der Waals surface area contributed by atoms with Crippen molar-refractivity contribution >= 4 is 21.6 Å². The second kappa shape index (κ2) is 6.31. The van der Waals surface area contributed by atoms with E-state index in [0.29, 0.717) is 18.8 Å². The maximum Gasteiger partial charge on any atom is 0.246 e. The molecule has 0 aliphatic carbocycles. The van der Waals surface area contributed by atoms with Crippen LogP contribution in [0.15, 0.2) is 23.1 Å². The minimum Gasteiger partial charge on any atom is -0.492 e.